The number of nitrogens with one attached hydrogen (secondary N) is 1. The number of nitrogens with zero attached hydrogens (tertiary/aromatic N) is 2. The van der Waals surface area contributed by atoms with Crippen LogP contribution in [0.15, 0.2) is 24.3 Å². The summed E-state index contributed by atoms with van der Waals surface area (Å²) in [6.45, 7) is 1.75. The van der Waals surface area contributed by atoms with Gasteiger partial charge >= 0.3 is 0 Å². The molecule has 0 aliphatic heterocycles. The number of carbonyl (C=O) groups excluding carboxylic acids is 2. The Morgan fingerprint density at radius 2 is 1.88 bits per heavy atom. The van der Waals surface area contributed by atoms with Crippen LogP contribution in [0.5, 0.6) is 0 Å². The molecule has 0 bridgehead atoms. The smallest absolute Gasteiger partial charge is 0.265 e. The summed E-state index contributed by atoms with van der Waals surface area (Å²) in [6.07, 6.45) is 1.44. The van der Waals surface area contributed by atoms with Crippen LogP contribution in [-0.4, -0.2) is 35.8 Å². The zero-order valence-electron chi connectivity index (χ0n) is 13.7. The third kappa shape index (κ3) is 2.91. The van der Waals surface area contributed by atoms with Gasteiger partial charge in [0.1, 0.15) is 10.7 Å². The van der Waals surface area contributed by atoms with Gasteiger partial charge in [0.05, 0.1) is 11.1 Å². The van der Waals surface area contributed by atoms with Gasteiger partial charge in [-0.1, -0.05) is 23.5 Å². The lowest BCUT2D eigenvalue weighted by Crippen LogP contribution is -2.27. The van der Waals surface area contributed by atoms with Crippen molar-refractivity contribution in [2.45, 2.75) is 25.2 Å². The van der Waals surface area contributed by atoms with Crippen molar-refractivity contribution < 1.29 is 14.0 Å². The van der Waals surface area contributed by atoms with Gasteiger partial charge in [0.2, 0.25) is 5.91 Å². The van der Waals surface area contributed by atoms with E-state index < -0.39 is 5.41 Å². The molecule has 24 heavy (non-hydrogen) atoms. The number of carbonyl (C=O) groups is 2. The minimum atomic E-state index is -0.612. The van der Waals surface area contributed by atoms with Crippen LogP contribution >= 0.6 is 11.3 Å². The lowest BCUT2D eigenvalue weighted by atomic mass is 9.95. The zero-order chi connectivity index (χ0) is 17.5. The number of rotatable bonds is 4. The van der Waals surface area contributed by atoms with Crippen LogP contribution in [0, 0.1) is 12.7 Å². The molecule has 1 fully saturated rings. The Hall–Kier alpha value is -2.28. The second-order valence-electron chi connectivity index (χ2n) is 6.18. The lowest BCUT2D eigenvalue weighted by molar-refractivity contribution is -0.118. The van der Waals surface area contributed by atoms with E-state index in [-0.39, 0.29) is 17.6 Å². The van der Waals surface area contributed by atoms with Gasteiger partial charge in [-0.15, -0.1) is 0 Å². The van der Waals surface area contributed by atoms with Gasteiger partial charge in [0.15, 0.2) is 5.13 Å². The summed E-state index contributed by atoms with van der Waals surface area (Å²) in [5, 5.41) is 3.23. The maximum absolute atomic E-state index is 13.1. The first-order chi connectivity index (χ1) is 11.3. The Balaban J connectivity index is 1.79. The van der Waals surface area contributed by atoms with Crippen molar-refractivity contribution in [3.8, 4) is 0 Å². The predicted octanol–water partition coefficient (Wildman–Crippen LogP) is 2.96. The number of halogens is 1. The van der Waals surface area contributed by atoms with Crippen LogP contribution in [0.2, 0.25) is 0 Å². The summed E-state index contributed by atoms with van der Waals surface area (Å²) in [6, 6.07) is 6.03. The Labute approximate surface area is 143 Å². The fraction of sp³-hybridized carbons (Fsp3) is 0.353. The molecule has 3 rings (SSSR count). The monoisotopic (exact) mass is 347 g/mol. The van der Waals surface area contributed by atoms with E-state index in [0.29, 0.717) is 15.7 Å². The third-order valence-electron chi connectivity index (χ3n) is 4.20. The number of hydrogen-bond donors (Lipinski definition) is 1. The Morgan fingerprint density at radius 1 is 1.25 bits per heavy atom. The highest BCUT2D eigenvalue weighted by molar-refractivity contribution is 7.17. The minimum absolute atomic E-state index is 0.134. The molecule has 1 aromatic carbocycles. The third-order valence-corrected chi connectivity index (χ3v) is 5.26. The fourth-order valence-electron chi connectivity index (χ4n) is 2.61. The van der Waals surface area contributed by atoms with Crippen molar-refractivity contribution in [2.24, 2.45) is 0 Å². The van der Waals surface area contributed by atoms with Gasteiger partial charge in [-0.25, -0.2) is 9.37 Å². The summed E-state index contributed by atoms with van der Waals surface area (Å²) >= 11 is 1.17. The molecule has 0 spiro atoms. The molecular formula is C17H18FN3O2S. The van der Waals surface area contributed by atoms with E-state index in [1.165, 1.54) is 28.4 Å². The maximum atomic E-state index is 13.1. The summed E-state index contributed by atoms with van der Waals surface area (Å²) < 4.78 is 13.1. The average Bonchev–Trinajstić information content (AvgIpc) is 3.26. The molecule has 1 N–H and O–H groups in total. The van der Waals surface area contributed by atoms with Crippen molar-refractivity contribution in [1.29, 1.82) is 0 Å². The molecule has 2 amide bonds. The number of benzene rings is 1. The molecule has 7 heteroatoms. The number of aromatic nitrogens is 1. The van der Waals surface area contributed by atoms with Crippen LogP contribution in [0.1, 0.15) is 33.8 Å². The topological polar surface area (TPSA) is 62.3 Å². The lowest BCUT2D eigenvalue weighted by Gasteiger charge is -2.14. The first-order valence-electron chi connectivity index (χ1n) is 7.60. The average molecular weight is 347 g/mol. The van der Waals surface area contributed by atoms with Crippen LogP contribution in [0.25, 0.3) is 0 Å². The quantitative estimate of drug-likeness (QED) is 0.925. The second-order valence-corrected chi connectivity index (χ2v) is 7.18. The van der Waals surface area contributed by atoms with Gasteiger partial charge < -0.3 is 10.2 Å². The van der Waals surface area contributed by atoms with Gasteiger partial charge in [0, 0.05) is 14.1 Å². The van der Waals surface area contributed by atoms with Crippen LogP contribution in [0.3, 0.4) is 0 Å². The van der Waals surface area contributed by atoms with E-state index in [1.807, 2.05) is 0 Å². The van der Waals surface area contributed by atoms with E-state index in [4.69, 9.17) is 0 Å². The number of amides is 2. The van der Waals surface area contributed by atoms with Crippen LogP contribution in [0.4, 0.5) is 9.52 Å². The van der Waals surface area contributed by atoms with Crippen molar-refractivity contribution in [1.82, 2.24) is 9.88 Å². The summed E-state index contributed by atoms with van der Waals surface area (Å²) in [5.74, 6) is -0.616. The summed E-state index contributed by atoms with van der Waals surface area (Å²) in [5.41, 5.74) is 0.791. The highest BCUT2D eigenvalue weighted by atomic mass is 32.1. The highest BCUT2D eigenvalue weighted by Crippen LogP contribution is 2.49. The summed E-state index contributed by atoms with van der Waals surface area (Å²) in [4.78, 5) is 31.0. The molecule has 1 heterocycles. The maximum Gasteiger partial charge on any atom is 0.265 e. The van der Waals surface area contributed by atoms with Crippen molar-refractivity contribution in [3.05, 3.63) is 46.2 Å². The first-order valence-corrected chi connectivity index (χ1v) is 8.42. The fourth-order valence-corrected chi connectivity index (χ4v) is 3.59. The van der Waals surface area contributed by atoms with E-state index in [0.717, 1.165) is 18.4 Å². The second kappa shape index (κ2) is 5.98. The van der Waals surface area contributed by atoms with E-state index >= 15 is 0 Å². The highest BCUT2D eigenvalue weighted by Gasteiger charge is 2.51. The standard InChI is InChI=1S/C17H18FN3O2S/c1-10-13(14(22)21(2)3)24-16(19-10)20-15(23)17(8-9-17)11-4-6-12(18)7-5-11/h4-7H,8-9H2,1-3H3,(H,19,20,23). The molecule has 5 nitrogen and oxygen atoms in total. The Bertz CT molecular complexity index is 795. The molecule has 1 aliphatic carbocycles. The van der Waals surface area contributed by atoms with E-state index in [1.54, 1.807) is 33.2 Å². The van der Waals surface area contributed by atoms with Crippen molar-refractivity contribution in [2.75, 3.05) is 19.4 Å². The van der Waals surface area contributed by atoms with Crippen molar-refractivity contribution in [3.63, 3.8) is 0 Å². The molecular weight excluding hydrogens is 329 g/mol. The van der Waals surface area contributed by atoms with Crippen LogP contribution in [-0.2, 0) is 10.2 Å². The first kappa shape index (κ1) is 16.6. The van der Waals surface area contributed by atoms with Gasteiger partial charge in [-0.05, 0) is 37.5 Å². The van der Waals surface area contributed by atoms with Gasteiger partial charge in [0.25, 0.3) is 5.91 Å². The molecule has 1 saturated carbocycles. The summed E-state index contributed by atoms with van der Waals surface area (Å²) in [7, 11) is 3.35. The van der Waals surface area contributed by atoms with Gasteiger partial charge in [-0.2, -0.15) is 0 Å². The van der Waals surface area contributed by atoms with Crippen molar-refractivity contribution >= 4 is 28.3 Å². The Morgan fingerprint density at radius 3 is 2.42 bits per heavy atom. The van der Waals surface area contributed by atoms with E-state index in [9.17, 15) is 14.0 Å². The SMILES string of the molecule is Cc1nc(NC(=O)C2(c3ccc(F)cc3)CC2)sc1C(=O)N(C)C. The largest absolute Gasteiger partial charge is 0.344 e. The Kier molecular flexibility index (Phi) is 4.13. The molecule has 0 unspecified atom stereocenters. The zero-order valence-corrected chi connectivity index (χ0v) is 14.5. The molecule has 1 aliphatic rings. The molecule has 1 aromatic heterocycles. The predicted molar refractivity (Wildman–Crippen MR) is 90.8 cm³/mol. The molecule has 0 atom stereocenters. The molecule has 0 radical (unpaired) electrons. The molecule has 0 saturated heterocycles. The number of thiazole rings is 1. The van der Waals surface area contributed by atoms with Crippen LogP contribution < -0.4 is 5.32 Å². The number of aryl methyl sites for hydroxylation is 1. The van der Waals surface area contributed by atoms with E-state index in [2.05, 4.69) is 10.3 Å². The molecule has 2 aromatic rings. The normalized spacial score (nSPS) is 15.0. The number of anilines is 1. The molecule has 126 valence electrons. The number of hydrogen-bond acceptors (Lipinski definition) is 4. The minimum Gasteiger partial charge on any atom is -0.344 e. The van der Waals surface area contributed by atoms with Gasteiger partial charge in [-0.3, -0.25) is 9.59 Å².